The normalized spacial score (nSPS) is 10.5. The van der Waals surface area contributed by atoms with Gasteiger partial charge in [-0.15, -0.1) is 0 Å². The molecule has 3 nitrogen and oxygen atoms in total. The second-order valence-electron chi connectivity index (χ2n) is 6.02. The van der Waals surface area contributed by atoms with Crippen LogP contribution in [-0.4, -0.2) is 19.6 Å². The highest BCUT2D eigenvalue weighted by Crippen LogP contribution is 2.28. The van der Waals surface area contributed by atoms with E-state index >= 15 is 0 Å². The Hall–Kier alpha value is -2.85. The zero-order valence-electron chi connectivity index (χ0n) is 14.8. The average Bonchev–Trinajstić information content (AvgIpc) is 2.68. The lowest BCUT2D eigenvalue weighted by Crippen LogP contribution is -2.25. The van der Waals surface area contributed by atoms with E-state index in [1.54, 1.807) is 43.5 Å². The van der Waals surface area contributed by atoms with Gasteiger partial charge in [0.1, 0.15) is 11.6 Å². The van der Waals surface area contributed by atoms with Gasteiger partial charge in [0.2, 0.25) is 0 Å². The van der Waals surface area contributed by atoms with E-state index in [-0.39, 0.29) is 11.7 Å². The van der Waals surface area contributed by atoms with Crippen LogP contribution in [0.5, 0.6) is 5.75 Å². The molecule has 0 saturated heterocycles. The smallest absolute Gasteiger partial charge is 0.251 e. The molecule has 0 radical (unpaired) electrons. The molecule has 0 aromatic heterocycles. The van der Waals surface area contributed by atoms with Crippen molar-refractivity contribution in [1.82, 2.24) is 5.32 Å². The fourth-order valence-electron chi connectivity index (χ4n) is 2.89. The van der Waals surface area contributed by atoms with Crippen LogP contribution in [0, 0.1) is 5.82 Å². The summed E-state index contributed by atoms with van der Waals surface area (Å²) >= 11 is 5.85. The van der Waals surface area contributed by atoms with E-state index in [0.29, 0.717) is 34.9 Å². The second-order valence-corrected chi connectivity index (χ2v) is 6.46. The van der Waals surface area contributed by atoms with Gasteiger partial charge in [0.05, 0.1) is 7.11 Å². The molecule has 0 aliphatic rings. The van der Waals surface area contributed by atoms with Crippen molar-refractivity contribution in [2.24, 2.45) is 0 Å². The number of carbonyl (C=O) groups excluding carboxylic acids is 1. The van der Waals surface area contributed by atoms with Gasteiger partial charge in [-0.05, 0) is 53.9 Å². The summed E-state index contributed by atoms with van der Waals surface area (Å²) in [4.78, 5) is 12.3. The average molecular weight is 384 g/mol. The number of amides is 1. The van der Waals surface area contributed by atoms with Crippen LogP contribution < -0.4 is 10.1 Å². The number of rotatable bonds is 6. The fraction of sp³-hybridized carbons (Fsp3) is 0.136. The fourth-order valence-corrected chi connectivity index (χ4v) is 3.04. The van der Waals surface area contributed by atoms with Crippen LogP contribution >= 0.6 is 11.6 Å². The van der Waals surface area contributed by atoms with Crippen molar-refractivity contribution in [3.8, 4) is 16.9 Å². The van der Waals surface area contributed by atoms with Crippen LogP contribution in [0.4, 0.5) is 4.39 Å². The summed E-state index contributed by atoms with van der Waals surface area (Å²) in [6.45, 7) is 0.433. The van der Waals surface area contributed by atoms with Gasteiger partial charge < -0.3 is 10.1 Å². The van der Waals surface area contributed by atoms with Gasteiger partial charge in [-0.25, -0.2) is 4.39 Å². The Balaban J connectivity index is 1.71. The number of halogens is 2. The molecule has 3 aromatic carbocycles. The van der Waals surface area contributed by atoms with E-state index in [9.17, 15) is 9.18 Å². The highest BCUT2D eigenvalue weighted by molar-refractivity contribution is 6.30. The van der Waals surface area contributed by atoms with Gasteiger partial charge in [0.25, 0.3) is 5.91 Å². The standard InChI is InChI=1S/C22H19ClFNO2/c1-27-18-7-4-6-16(13-18)22(26)25-12-11-15-5-2-3-8-19(15)20-10-9-17(23)14-21(20)24/h2-10,13-14H,11-12H2,1H3,(H,25,26). The molecule has 0 atom stereocenters. The molecule has 3 aromatic rings. The number of hydrogen-bond acceptors (Lipinski definition) is 2. The molecule has 138 valence electrons. The van der Waals surface area contributed by atoms with Crippen molar-refractivity contribution in [1.29, 1.82) is 0 Å². The van der Waals surface area contributed by atoms with E-state index in [4.69, 9.17) is 16.3 Å². The minimum absolute atomic E-state index is 0.177. The number of carbonyl (C=O) groups is 1. The molecule has 0 aliphatic heterocycles. The summed E-state index contributed by atoms with van der Waals surface area (Å²) in [5, 5.41) is 3.25. The molecule has 0 unspecified atom stereocenters. The molecule has 1 amide bonds. The number of hydrogen-bond donors (Lipinski definition) is 1. The Morgan fingerprint density at radius 3 is 2.63 bits per heavy atom. The van der Waals surface area contributed by atoms with Crippen molar-refractivity contribution < 1.29 is 13.9 Å². The van der Waals surface area contributed by atoms with Crippen LogP contribution in [0.3, 0.4) is 0 Å². The minimum Gasteiger partial charge on any atom is -0.497 e. The topological polar surface area (TPSA) is 38.3 Å². The quantitative estimate of drug-likeness (QED) is 0.641. The van der Waals surface area contributed by atoms with Gasteiger partial charge in [0.15, 0.2) is 0 Å². The highest BCUT2D eigenvalue weighted by atomic mass is 35.5. The monoisotopic (exact) mass is 383 g/mol. The van der Waals surface area contributed by atoms with Gasteiger partial charge in [-0.3, -0.25) is 4.79 Å². The van der Waals surface area contributed by atoms with Crippen LogP contribution in [0.2, 0.25) is 5.02 Å². The third-order valence-electron chi connectivity index (χ3n) is 4.25. The van der Waals surface area contributed by atoms with Crippen molar-refractivity contribution in [2.75, 3.05) is 13.7 Å². The molecule has 5 heteroatoms. The maximum absolute atomic E-state index is 14.3. The zero-order valence-corrected chi connectivity index (χ0v) is 15.6. The Morgan fingerprint density at radius 2 is 1.85 bits per heavy atom. The van der Waals surface area contributed by atoms with Crippen molar-refractivity contribution >= 4 is 17.5 Å². The summed E-state index contributed by atoms with van der Waals surface area (Å²) in [5.41, 5.74) is 2.77. The molecule has 0 heterocycles. The number of nitrogens with one attached hydrogen (secondary N) is 1. The zero-order chi connectivity index (χ0) is 19.2. The van der Waals surface area contributed by atoms with E-state index in [2.05, 4.69) is 5.32 Å². The van der Waals surface area contributed by atoms with E-state index < -0.39 is 0 Å². The Morgan fingerprint density at radius 1 is 1.04 bits per heavy atom. The minimum atomic E-state index is -0.365. The summed E-state index contributed by atoms with van der Waals surface area (Å²) in [6.07, 6.45) is 0.577. The molecular formula is C22H19ClFNO2. The Kier molecular flexibility index (Phi) is 6.09. The van der Waals surface area contributed by atoms with Crippen LogP contribution in [0.25, 0.3) is 11.1 Å². The predicted molar refractivity (Wildman–Crippen MR) is 106 cm³/mol. The summed E-state index contributed by atoms with van der Waals surface area (Å²) < 4.78 is 19.4. The number of benzene rings is 3. The predicted octanol–water partition coefficient (Wildman–Crippen LogP) is 5.13. The third-order valence-corrected chi connectivity index (χ3v) is 4.49. The maximum Gasteiger partial charge on any atom is 0.251 e. The molecule has 0 bridgehead atoms. The van der Waals surface area contributed by atoms with Gasteiger partial charge in [-0.1, -0.05) is 41.9 Å². The molecule has 3 rings (SSSR count). The lowest BCUT2D eigenvalue weighted by molar-refractivity contribution is 0.0954. The largest absolute Gasteiger partial charge is 0.497 e. The molecule has 27 heavy (non-hydrogen) atoms. The van der Waals surface area contributed by atoms with Crippen molar-refractivity contribution in [3.05, 3.63) is 88.7 Å². The van der Waals surface area contributed by atoms with E-state index in [0.717, 1.165) is 11.1 Å². The molecule has 0 spiro atoms. The summed E-state index contributed by atoms with van der Waals surface area (Å²) in [5.74, 6) is 0.0885. The lowest BCUT2D eigenvalue weighted by atomic mass is 9.97. The van der Waals surface area contributed by atoms with Gasteiger partial charge in [0, 0.05) is 22.7 Å². The Labute approximate surface area is 162 Å². The van der Waals surface area contributed by atoms with Crippen molar-refractivity contribution in [2.45, 2.75) is 6.42 Å². The number of ether oxygens (including phenoxy) is 1. The van der Waals surface area contributed by atoms with Gasteiger partial charge >= 0.3 is 0 Å². The first kappa shape index (κ1) is 18.9. The number of methoxy groups -OCH3 is 1. The lowest BCUT2D eigenvalue weighted by Gasteiger charge is -2.12. The van der Waals surface area contributed by atoms with Crippen molar-refractivity contribution in [3.63, 3.8) is 0 Å². The Bertz CT molecular complexity index is 959. The highest BCUT2D eigenvalue weighted by Gasteiger charge is 2.11. The molecular weight excluding hydrogens is 365 g/mol. The second kappa shape index (κ2) is 8.69. The molecule has 0 saturated carbocycles. The van der Waals surface area contributed by atoms with Crippen LogP contribution in [-0.2, 0) is 6.42 Å². The summed E-state index contributed by atoms with van der Waals surface area (Å²) in [7, 11) is 1.56. The molecule has 1 N–H and O–H groups in total. The third kappa shape index (κ3) is 4.66. The van der Waals surface area contributed by atoms with Gasteiger partial charge in [-0.2, -0.15) is 0 Å². The first-order valence-corrected chi connectivity index (χ1v) is 8.92. The first-order chi connectivity index (χ1) is 13.1. The van der Waals surface area contributed by atoms with Crippen LogP contribution in [0.1, 0.15) is 15.9 Å². The first-order valence-electron chi connectivity index (χ1n) is 8.54. The molecule has 0 fully saturated rings. The van der Waals surface area contributed by atoms with Crippen LogP contribution in [0.15, 0.2) is 66.7 Å². The molecule has 0 aliphatic carbocycles. The summed E-state index contributed by atoms with van der Waals surface area (Å²) in [6, 6.07) is 19.2. The van der Waals surface area contributed by atoms with E-state index in [1.165, 1.54) is 6.07 Å². The SMILES string of the molecule is COc1cccc(C(=O)NCCc2ccccc2-c2ccc(Cl)cc2F)c1. The van der Waals surface area contributed by atoms with E-state index in [1.807, 2.05) is 24.3 Å². The maximum atomic E-state index is 14.3.